The summed E-state index contributed by atoms with van der Waals surface area (Å²) in [4.78, 5) is -0.0611. The minimum atomic E-state index is -3.85. The van der Waals surface area contributed by atoms with Gasteiger partial charge >= 0.3 is 0 Å². The molecule has 0 bridgehead atoms. The van der Waals surface area contributed by atoms with Crippen molar-refractivity contribution in [2.75, 3.05) is 24.2 Å². The van der Waals surface area contributed by atoms with E-state index in [0.29, 0.717) is 16.8 Å². The van der Waals surface area contributed by atoms with Crippen molar-refractivity contribution in [3.63, 3.8) is 0 Å². The summed E-state index contributed by atoms with van der Waals surface area (Å²) in [5.41, 5.74) is 1.31. The van der Waals surface area contributed by atoms with Crippen LogP contribution in [-0.2, 0) is 23.8 Å². The molecule has 0 aliphatic heterocycles. The van der Waals surface area contributed by atoms with E-state index < -0.39 is 19.1 Å². The Kier molecular flexibility index (Phi) is 5.42. The second kappa shape index (κ2) is 6.30. The van der Waals surface area contributed by atoms with Crippen LogP contribution in [-0.4, -0.2) is 36.3 Å². The van der Waals surface area contributed by atoms with Crippen LogP contribution in [0.3, 0.4) is 0 Å². The Balaban J connectivity index is 3.16. The van der Waals surface area contributed by atoms with E-state index in [0.717, 1.165) is 0 Å². The summed E-state index contributed by atoms with van der Waals surface area (Å²) in [5.74, 6) is -0.183. The average molecular weight is 342 g/mol. The molecule has 1 N–H and O–H groups in total. The maximum Gasteiger partial charge on any atom is 0.261 e. The molecule has 0 heterocycles. The molecule has 114 valence electrons. The van der Waals surface area contributed by atoms with E-state index in [1.165, 1.54) is 19.2 Å². The van der Waals surface area contributed by atoms with Crippen molar-refractivity contribution in [3.05, 3.63) is 23.3 Å². The summed E-state index contributed by atoms with van der Waals surface area (Å²) >= 11 is 0. The van der Waals surface area contributed by atoms with Crippen molar-refractivity contribution < 1.29 is 21.6 Å². The Morgan fingerprint density at radius 2 is 1.65 bits per heavy atom. The monoisotopic (exact) mass is 341 g/mol. The molecule has 0 saturated carbocycles. The van der Waals surface area contributed by atoms with Gasteiger partial charge in [-0.25, -0.2) is 16.8 Å². The zero-order valence-corrected chi connectivity index (χ0v) is 13.7. The highest BCUT2D eigenvalue weighted by atomic mass is 35.7. The molecule has 0 fully saturated rings. The van der Waals surface area contributed by atoms with Gasteiger partial charge in [0.1, 0.15) is 0 Å². The lowest BCUT2D eigenvalue weighted by Gasteiger charge is -2.14. The van der Waals surface area contributed by atoms with Gasteiger partial charge in [-0.15, -0.1) is 0 Å². The maximum atomic E-state index is 11.8. The first-order valence-electron chi connectivity index (χ1n) is 5.62. The molecule has 0 spiro atoms. The van der Waals surface area contributed by atoms with Gasteiger partial charge in [-0.1, -0.05) is 0 Å². The first-order chi connectivity index (χ1) is 9.07. The Labute approximate surface area is 123 Å². The summed E-state index contributed by atoms with van der Waals surface area (Å²) < 4.78 is 53.3. The fourth-order valence-electron chi connectivity index (χ4n) is 1.63. The average Bonchev–Trinajstić information content (AvgIpc) is 2.30. The van der Waals surface area contributed by atoms with Crippen LogP contribution < -0.4 is 4.72 Å². The third kappa shape index (κ3) is 4.62. The number of ether oxygens (including phenoxy) is 1. The Hall–Kier alpha value is -0.830. The molecular formula is C11H16ClNO5S2. The molecule has 0 amide bonds. The lowest BCUT2D eigenvalue weighted by Crippen LogP contribution is -2.21. The molecule has 1 aromatic carbocycles. The van der Waals surface area contributed by atoms with E-state index in [-0.39, 0.29) is 17.3 Å². The highest BCUT2D eigenvalue weighted by Gasteiger charge is 2.17. The van der Waals surface area contributed by atoms with Gasteiger partial charge in [0.15, 0.2) is 0 Å². The number of rotatable bonds is 6. The van der Waals surface area contributed by atoms with Gasteiger partial charge in [-0.2, -0.15) is 0 Å². The molecule has 0 saturated heterocycles. The number of halogens is 1. The van der Waals surface area contributed by atoms with Gasteiger partial charge in [0, 0.05) is 17.8 Å². The Morgan fingerprint density at radius 3 is 2.05 bits per heavy atom. The minimum absolute atomic E-state index is 0.0611. The molecule has 6 nitrogen and oxygen atoms in total. The van der Waals surface area contributed by atoms with Crippen molar-refractivity contribution in [2.45, 2.75) is 18.7 Å². The van der Waals surface area contributed by atoms with Gasteiger partial charge in [0.25, 0.3) is 9.05 Å². The number of anilines is 1. The van der Waals surface area contributed by atoms with Crippen molar-refractivity contribution in [3.8, 4) is 0 Å². The van der Waals surface area contributed by atoms with Gasteiger partial charge in [-0.05, 0) is 37.1 Å². The molecule has 0 aliphatic rings. The van der Waals surface area contributed by atoms with Crippen LogP contribution in [0, 0.1) is 13.8 Å². The summed E-state index contributed by atoms with van der Waals surface area (Å²) in [6.45, 7) is 3.28. The second-order valence-corrected chi connectivity index (χ2v) is 8.69. The Bertz CT molecular complexity index is 675. The van der Waals surface area contributed by atoms with Crippen LogP contribution in [0.2, 0.25) is 0 Å². The molecule has 1 aromatic rings. The third-order valence-corrected chi connectivity index (χ3v) is 5.15. The van der Waals surface area contributed by atoms with Crippen molar-refractivity contribution in [2.24, 2.45) is 0 Å². The van der Waals surface area contributed by atoms with Crippen LogP contribution in [0.5, 0.6) is 0 Å². The molecule has 0 radical (unpaired) electrons. The summed E-state index contributed by atoms with van der Waals surface area (Å²) in [5, 5.41) is 0. The summed E-state index contributed by atoms with van der Waals surface area (Å²) in [7, 11) is -0.713. The van der Waals surface area contributed by atoms with Crippen LogP contribution in [0.1, 0.15) is 11.1 Å². The highest BCUT2D eigenvalue weighted by Crippen LogP contribution is 2.27. The van der Waals surface area contributed by atoms with E-state index in [2.05, 4.69) is 4.72 Å². The number of hydrogen-bond donors (Lipinski definition) is 1. The third-order valence-electron chi connectivity index (χ3n) is 2.60. The molecule has 0 atom stereocenters. The van der Waals surface area contributed by atoms with Crippen molar-refractivity contribution >= 4 is 35.4 Å². The Morgan fingerprint density at radius 1 is 1.15 bits per heavy atom. The van der Waals surface area contributed by atoms with E-state index >= 15 is 0 Å². The fourth-order valence-corrected chi connectivity index (χ4v) is 3.65. The molecule has 9 heteroatoms. The first-order valence-corrected chi connectivity index (χ1v) is 9.58. The maximum absolute atomic E-state index is 11.8. The molecule has 1 rings (SSSR count). The lowest BCUT2D eigenvalue weighted by molar-refractivity contribution is 0.217. The smallest absolute Gasteiger partial charge is 0.261 e. The van der Waals surface area contributed by atoms with Crippen LogP contribution in [0.15, 0.2) is 17.0 Å². The second-order valence-electron chi connectivity index (χ2n) is 4.28. The summed E-state index contributed by atoms with van der Waals surface area (Å²) in [6.07, 6.45) is 0. The molecule has 0 aromatic heterocycles. The van der Waals surface area contributed by atoms with E-state index in [1.54, 1.807) is 13.8 Å². The number of benzene rings is 1. The van der Waals surface area contributed by atoms with Crippen LogP contribution in [0.4, 0.5) is 5.69 Å². The van der Waals surface area contributed by atoms with E-state index in [1.807, 2.05) is 0 Å². The van der Waals surface area contributed by atoms with Gasteiger partial charge in [-0.3, -0.25) is 4.72 Å². The number of hydrogen-bond acceptors (Lipinski definition) is 5. The standard InChI is InChI=1S/C11H16ClNO5S2/c1-8-6-10(20(12,16)17)7-9(2)11(8)13-19(14,15)5-4-18-3/h6-7,13H,4-5H2,1-3H3. The zero-order chi connectivity index (χ0) is 15.6. The zero-order valence-electron chi connectivity index (χ0n) is 11.3. The van der Waals surface area contributed by atoms with Gasteiger partial charge in [0.05, 0.1) is 22.9 Å². The van der Waals surface area contributed by atoms with Crippen molar-refractivity contribution in [1.82, 2.24) is 0 Å². The lowest BCUT2D eigenvalue weighted by atomic mass is 10.1. The quantitative estimate of drug-likeness (QED) is 0.794. The number of nitrogens with one attached hydrogen (secondary N) is 1. The highest BCUT2D eigenvalue weighted by molar-refractivity contribution is 8.13. The van der Waals surface area contributed by atoms with Crippen molar-refractivity contribution in [1.29, 1.82) is 0 Å². The SMILES string of the molecule is COCCS(=O)(=O)Nc1c(C)cc(S(=O)(=O)Cl)cc1C. The number of methoxy groups -OCH3 is 1. The summed E-state index contributed by atoms with van der Waals surface area (Å²) in [6, 6.07) is 2.65. The minimum Gasteiger partial charge on any atom is -0.384 e. The normalized spacial score (nSPS) is 12.4. The molecule has 0 aliphatic carbocycles. The number of sulfonamides is 1. The van der Waals surface area contributed by atoms with E-state index in [9.17, 15) is 16.8 Å². The van der Waals surface area contributed by atoms with E-state index in [4.69, 9.17) is 15.4 Å². The van der Waals surface area contributed by atoms with Gasteiger partial charge < -0.3 is 4.74 Å². The molecular weight excluding hydrogens is 326 g/mol. The topological polar surface area (TPSA) is 89.5 Å². The predicted molar refractivity (Wildman–Crippen MR) is 78.2 cm³/mol. The first kappa shape index (κ1) is 17.2. The largest absolute Gasteiger partial charge is 0.384 e. The van der Waals surface area contributed by atoms with Crippen LogP contribution >= 0.6 is 10.7 Å². The van der Waals surface area contributed by atoms with Gasteiger partial charge in [0.2, 0.25) is 10.0 Å². The predicted octanol–water partition coefficient (Wildman–Crippen LogP) is 1.62. The van der Waals surface area contributed by atoms with Crippen LogP contribution in [0.25, 0.3) is 0 Å². The molecule has 0 unspecified atom stereocenters. The fraction of sp³-hybridized carbons (Fsp3) is 0.455. The molecule has 20 heavy (non-hydrogen) atoms. The number of aryl methyl sites for hydroxylation is 2.